The first kappa shape index (κ1) is 20.7. The van der Waals surface area contributed by atoms with Gasteiger partial charge in [-0.05, 0) is 42.5 Å². The zero-order valence-electron chi connectivity index (χ0n) is 17.7. The Morgan fingerprint density at radius 2 is 1.57 bits per heavy atom. The Balaban J connectivity index is 1.49. The van der Waals surface area contributed by atoms with E-state index in [1.165, 1.54) is 19.3 Å². The molecular weight excluding hydrogens is 350 g/mol. The van der Waals surface area contributed by atoms with Gasteiger partial charge in [-0.15, -0.1) is 0 Å². The Bertz CT molecular complexity index is 664. The quantitative estimate of drug-likeness (QED) is 0.841. The van der Waals surface area contributed by atoms with Crippen molar-refractivity contribution in [3.8, 4) is 0 Å². The lowest BCUT2D eigenvalue weighted by atomic mass is 9.88. The van der Waals surface area contributed by atoms with Gasteiger partial charge in [0.25, 0.3) is 0 Å². The van der Waals surface area contributed by atoms with Crippen molar-refractivity contribution < 1.29 is 9.59 Å². The lowest BCUT2D eigenvalue weighted by molar-refractivity contribution is -0.133. The zero-order chi connectivity index (χ0) is 20.1. The molecule has 0 spiro atoms. The smallest absolute Gasteiger partial charge is 0.227 e. The highest BCUT2D eigenvalue weighted by molar-refractivity contribution is 5.92. The van der Waals surface area contributed by atoms with Crippen molar-refractivity contribution in [2.45, 2.75) is 59.3 Å². The third-order valence-corrected chi connectivity index (χ3v) is 5.79. The molecule has 5 heteroatoms. The number of nitrogens with one attached hydrogen (secondary N) is 1. The summed E-state index contributed by atoms with van der Waals surface area (Å²) in [6, 6.07) is 8.13. The molecule has 2 fully saturated rings. The van der Waals surface area contributed by atoms with Crippen LogP contribution in [-0.4, -0.2) is 42.9 Å². The number of hydrogen-bond donors (Lipinski definition) is 1. The fourth-order valence-corrected chi connectivity index (χ4v) is 4.14. The molecule has 3 rings (SSSR count). The largest absolute Gasteiger partial charge is 0.368 e. The average molecular weight is 386 g/mol. The van der Waals surface area contributed by atoms with Crippen molar-refractivity contribution in [2.75, 3.05) is 36.4 Å². The van der Waals surface area contributed by atoms with Crippen molar-refractivity contribution in [3.63, 3.8) is 0 Å². The molecule has 1 saturated carbocycles. The van der Waals surface area contributed by atoms with Crippen LogP contribution in [0.2, 0.25) is 0 Å². The monoisotopic (exact) mass is 385 g/mol. The van der Waals surface area contributed by atoms with Crippen molar-refractivity contribution in [1.82, 2.24) is 4.90 Å². The van der Waals surface area contributed by atoms with E-state index in [1.807, 2.05) is 17.0 Å². The van der Waals surface area contributed by atoms with Gasteiger partial charge in [0, 0.05) is 49.9 Å². The Morgan fingerprint density at radius 1 is 0.964 bits per heavy atom. The summed E-state index contributed by atoms with van der Waals surface area (Å²) >= 11 is 0. The SMILES string of the molecule is CC(C)(C)CC(=O)N1CCN(c2ccc(NC(=O)C3CCCCC3)cc2)CC1. The highest BCUT2D eigenvalue weighted by Gasteiger charge is 2.25. The number of nitrogens with zero attached hydrogens (tertiary/aromatic N) is 2. The molecule has 5 nitrogen and oxygen atoms in total. The predicted molar refractivity (Wildman–Crippen MR) is 115 cm³/mol. The van der Waals surface area contributed by atoms with Gasteiger partial charge in [-0.2, -0.15) is 0 Å². The first-order valence-corrected chi connectivity index (χ1v) is 10.8. The Morgan fingerprint density at radius 3 is 2.14 bits per heavy atom. The standard InChI is InChI=1S/C23H35N3O2/c1-23(2,3)17-21(27)26-15-13-25(14-16-26)20-11-9-19(10-12-20)24-22(28)18-7-5-4-6-8-18/h9-12,18H,4-8,13-17H2,1-3H3,(H,24,28). The van der Waals surface area contributed by atoms with E-state index in [0.29, 0.717) is 6.42 Å². The number of piperazine rings is 1. The second-order valence-corrected chi connectivity index (χ2v) is 9.48. The fourth-order valence-electron chi connectivity index (χ4n) is 4.14. The van der Waals surface area contributed by atoms with Crippen LogP contribution in [0, 0.1) is 11.3 Å². The Labute approximate surface area is 169 Å². The van der Waals surface area contributed by atoms with Gasteiger partial charge in [0.1, 0.15) is 0 Å². The molecule has 154 valence electrons. The van der Waals surface area contributed by atoms with E-state index >= 15 is 0 Å². The number of carbonyl (C=O) groups is 2. The molecule has 28 heavy (non-hydrogen) atoms. The van der Waals surface area contributed by atoms with Gasteiger partial charge in [-0.25, -0.2) is 0 Å². The van der Waals surface area contributed by atoms with E-state index in [1.54, 1.807) is 0 Å². The van der Waals surface area contributed by atoms with Crippen LogP contribution in [-0.2, 0) is 9.59 Å². The molecule has 1 aliphatic carbocycles. The van der Waals surface area contributed by atoms with Crippen LogP contribution in [0.5, 0.6) is 0 Å². The van der Waals surface area contributed by atoms with Gasteiger partial charge >= 0.3 is 0 Å². The van der Waals surface area contributed by atoms with Gasteiger partial charge in [0.15, 0.2) is 0 Å². The van der Waals surface area contributed by atoms with E-state index in [4.69, 9.17) is 0 Å². The summed E-state index contributed by atoms with van der Waals surface area (Å²) in [5, 5.41) is 3.08. The topological polar surface area (TPSA) is 52.7 Å². The number of rotatable bonds is 4. The molecule has 1 aliphatic heterocycles. The number of anilines is 2. The first-order valence-electron chi connectivity index (χ1n) is 10.8. The van der Waals surface area contributed by atoms with Crippen molar-refractivity contribution in [3.05, 3.63) is 24.3 Å². The normalized spacial score (nSPS) is 18.8. The summed E-state index contributed by atoms with van der Waals surface area (Å²) in [4.78, 5) is 29.1. The van der Waals surface area contributed by atoms with Crippen LogP contribution in [0.15, 0.2) is 24.3 Å². The van der Waals surface area contributed by atoms with E-state index in [0.717, 1.165) is 50.4 Å². The maximum absolute atomic E-state index is 12.4. The molecule has 1 saturated heterocycles. The third kappa shape index (κ3) is 5.73. The summed E-state index contributed by atoms with van der Waals surface area (Å²) in [6.07, 6.45) is 6.22. The molecule has 2 aliphatic rings. The van der Waals surface area contributed by atoms with Crippen LogP contribution in [0.25, 0.3) is 0 Å². The van der Waals surface area contributed by atoms with Crippen LogP contribution in [0.4, 0.5) is 11.4 Å². The third-order valence-electron chi connectivity index (χ3n) is 5.79. The number of benzene rings is 1. The van der Waals surface area contributed by atoms with Crippen LogP contribution < -0.4 is 10.2 Å². The minimum Gasteiger partial charge on any atom is -0.368 e. The highest BCUT2D eigenvalue weighted by atomic mass is 16.2. The average Bonchev–Trinajstić information content (AvgIpc) is 2.68. The molecule has 1 N–H and O–H groups in total. The molecule has 0 bridgehead atoms. The van der Waals surface area contributed by atoms with E-state index < -0.39 is 0 Å². The second-order valence-electron chi connectivity index (χ2n) is 9.48. The van der Waals surface area contributed by atoms with Crippen LogP contribution >= 0.6 is 0 Å². The van der Waals surface area contributed by atoms with Crippen molar-refractivity contribution >= 4 is 23.2 Å². The van der Waals surface area contributed by atoms with Gasteiger partial charge in [-0.1, -0.05) is 40.0 Å². The molecular formula is C23H35N3O2. The lowest BCUT2D eigenvalue weighted by Crippen LogP contribution is -2.49. The van der Waals surface area contributed by atoms with Gasteiger partial charge in [-0.3, -0.25) is 9.59 Å². The Kier molecular flexibility index (Phi) is 6.63. The van der Waals surface area contributed by atoms with Crippen LogP contribution in [0.1, 0.15) is 59.3 Å². The zero-order valence-corrected chi connectivity index (χ0v) is 17.7. The number of amides is 2. The summed E-state index contributed by atoms with van der Waals surface area (Å²) in [5.41, 5.74) is 2.06. The summed E-state index contributed by atoms with van der Waals surface area (Å²) in [5.74, 6) is 0.596. The van der Waals surface area contributed by atoms with Gasteiger partial charge in [0.2, 0.25) is 11.8 Å². The first-order chi connectivity index (χ1) is 13.3. The molecule has 1 aromatic carbocycles. The number of carbonyl (C=O) groups excluding carboxylic acids is 2. The minimum atomic E-state index is 0.0338. The second kappa shape index (κ2) is 8.97. The highest BCUT2D eigenvalue weighted by Crippen LogP contribution is 2.26. The summed E-state index contributed by atoms with van der Waals surface area (Å²) in [6.45, 7) is 9.57. The maximum atomic E-state index is 12.4. The molecule has 1 aromatic rings. The van der Waals surface area contributed by atoms with Gasteiger partial charge < -0.3 is 15.1 Å². The molecule has 0 radical (unpaired) electrons. The Hall–Kier alpha value is -2.04. The fraction of sp³-hybridized carbons (Fsp3) is 0.652. The summed E-state index contributed by atoms with van der Waals surface area (Å²) in [7, 11) is 0. The maximum Gasteiger partial charge on any atom is 0.227 e. The molecule has 0 atom stereocenters. The van der Waals surface area contributed by atoms with Crippen molar-refractivity contribution in [1.29, 1.82) is 0 Å². The number of hydrogen-bond acceptors (Lipinski definition) is 3. The van der Waals surface area contributed by atoms with Crippen molar-refractivity contribution in [2.24, 2.45) is 11.3 Å². The summed E-state index contributed by atoms with van der Waals surface area (Å²) < 4.78 is 0. The van der Waals surface area contributed by atoms with Gasteiger partial charge in [0.05, 0.1) is 0 Å². The molecule has 2 amide bonds. The minimum absolute atomic E-state index is 0.0338. The van der Waals surface area contributed by atoms with E-state index in [2.05, 4.69) is 43.1 Å². The lowest BCUT2D eigenvalue weighted by Gasteiger charge is -2.37. The predicted octanol–water partition coefficient (Wildman–Crippen LogP) is 4.29. The molecule has 0 aromatic heterocycles. The molecule has 0 unspecified atom stereocenters. The molecule has 1 heterocycles. The van der Waals surface area contributed by atoms with Crippen LogP contribution in [0.3, 0.4) is 0 Å². The van der Waals surface area contributed by atoms with E-state index in [-0.39, 0.29) is 23.1 Å². The van der Waals surface area contributed by atoms with E-state index in [9.17, 15) is 9.59 Å².